The number of hydrogen-bond donors (Lipinski definition) is 0. The molecular formula is C22H42Hf. The van der Waals surface area contributed by atoms with E-state index in [9.17, 15) is 0 Å². The van der Waals surface area contributed by atoms with E-state index in [-0.39, 0.29) is 25.8 Å². The Morgan fingerprint density at radius 1 is 0.913 bits per heavy atom. The Morgan fingerprint density at radius 3 is 1.35 bits per heavy atom. The van der Waals surface area contributed by atoms with Crippen molar-refractivity contribution < 1.29 is 25.8 Å². The van der Waals surface area contributed by atoms with Crippen LogP contribution in [0.4, 0.5) is 0 Å². The summed E-state index contributed by atoms with van der Waals surface area (Å²) in [5.41, 5.74) is 0.511. The molecule has 0 aliphatic rings. The average molecular weight is 485 g/mol. The first-order chi connectivity index (χ1) is 10.2. The van der Waals surface area contributed by atoms with Crippen LogP contribution in [0, 0.1) is 25.2 Å². The van der Waals surface area contributed by atoms with Gasteiger partial charge in [-0.15, -0.1) is 0 Å². The molecule has 0 saturated heterocycles. The van der Waals surface area contributed by atoms with Crippen LogP contribution >= 0.6 is 0 Å². The molecule has 0 aliphatic heterocycles. The fraction of sp³-hybridized carbons (Fsp3) is 0.636. The van der Waals surface area contributed by atoms with Crippen molar-refractivity contribution in [1.29, 1.82) is 0 Å². The standard InChI is InChI=1S/C9H19.C5H5.2C4H9.Hf/c1-8(2)6-7-9(3,4)5;1-2-4-5-3-1;2*1-3-4-2;/h6-7H2,1-5H3;1-5H;2*1,3-4H2,2H3;/q4*-1;+4. The quantitative estimate of drug-likeness (QED) is 0.299. The Bertz CT molecular complexity index is 216. The van der Waals surface area contributed by atoms with Gasteiger partial charge < -0.3 is 19.8 Å². The second-order valence-electron chi connectivity index (χ2n) is 6.94. The molecule has 0 spiro atoms. The van der Waals surface area contributed by atoms with Crippen LogP contribution in [0.5, 0.6) is 0 Å². The molecule has 1 rings (SSSR count). The maximum Gasteiger partial charge on any atom is 4.00 e. The van der Waals surface area contributed by atoms with E-state index in [1.165, 1.54) is 25.7 Å². The normalized spacial score (nSPS) is 9.30. The zero-order chi connectivity index (χ0) is 17.9. The smallest absolute Gasteiger partial charge is 0.343 e. The number of rotatable bonds is 4. The van der Waals surface area contributed by atoms with E-state index in [0.717, 1.165) is 12.8 Å². The maximum absolute atomic E-state index is 3.60. The summed E-state index contributed by atoms with van der Waals surface area (Å²) >= 11 is 0. The van der Waals surface area contributed by atoms with Crippen molar-refractivity contribution in [3.63, 3.8) is 0 Å². The van der Waals surface area contributed by atoms with Crippen LogP contribution in [0.2, 0.25) is 0 Å². The summed E-state index contributed by atoms with van der Waals surface area (Å²) in [6.45, 7) is 22.7. The van der Waals surface area contributed by atoms with Crippen molar-refractivity contribution in [3.05, 3.63) is 50.1 Å². The van der Waals surface area contributed by atoms with E-state index in [4.69, 9.17) is 0 Å². The van der Waals surface area contributed by atoms with E-state index >= 15 is 0 Å². The van der Waals surface area contributed by atoms with Gasteiger partial charge in [-0.3, -0.25) is 0 Å². The SMILES string of the molecule is C[C-](C)CCC(C)(C)C.[CH2-]CCC.[CH2-]CCC.[Hf+4].c1cc[cH-]c1. The van der Waals surface area contributed by atoms with Crippen LogP contribution in [0.15, 0.2) is 30.3 Å². The molecule has 0 amide bonds. The summed E-state index contributed by atoms with van der Waals surface area (Å²) in [4.78, 5) is 0. The third-order valence-electron chi connectivity index (χ3n) is 2.64. The third kappa shape index (κ3) is 52.0. The van der Waals surface area contributed by atoms with Crippen molar-refractivity contribution in [2.45, 2.75) is 87.0 Å². The third-order valence-corrected chi connectivity index (χ3v) is 2.64. The van der Waals surface area contributed by atoms with Gasteiger partial charge in [0, 0.05) is 0 Å². The molecule has 0 unspecified atom stereocenters. The summed E-state index contributed by atoms with van der Waals surface area (Å²) in [6, 6.07) is 10.0. The van der Waals surface area contributed by atoms with Gasteiger partial charge >= 0.3 is 25.8 Å². The Balaban J connectivity index is -0.000000111. The summed E-state index contributed by atoms with van der Waals surface area (Å²) < 4.78 is 0. The molecule has 0 nitrogen and oxygen atoms in total. The van der Waals surface area contributed by atoms with Crippen molar-refractivity contribution in [2.75, 3.05) is 0 Å². The van der Waals surface area contributed by atoms with Crippen LogP contribution < -0.4 is 0 Å². The predicted molar refractivity (Wildman–Crippen MR) is 106 cm³/mol. The van der Waals surface area contributed by atoms with Crippen molar-refractivity contribution in [1.82, 2.24) is 0 Å². The number of unbranched alkanes of at least 4 members (excludes halogenated alkanes) is 2. The summed E-state index contributed by atoms with van der Waals surface area (Å²) in [5.74, 6) is 1.55. The molecule has 134 valence electrons. The summed E-state index contributed by atoms with van der Waals surface area (Å²) in [5, 5.41) is 0. The van der Waals surface area contributed by atoms with Crippen LogP contribution in [0.1, 0.15) is 87.0 Å². The van der Waals surface area contributed by atoms with Gasteiger partial charge in [-0.2, -0.15) is 51.3 Å². The number of hydrogen-bond acceptors (Lipinski definition) is 0. The van der Waals surface area contributed by atoms with E-state index in [1.54, 1.807) is 5.92 Å². The topological polar surface area (TPSA) is 0 Å². The molecule has 1 aromatic rings. The van der Waals surface area contributed by atoms with Gasteiger partial charge in [0.05, 0.1) is 0 Å². The monoisotopic (exact) mass is 486 g/mol. The van der Waals surface area contributed by atoms with Crippen molar-refractivity contribution >= 4 is 0 Å². The largest absolute Gasteiger partial charge is 4.00 e. The Morgan fingerprint density at radius 2 is 1.26 bits per heavy atom. The summed E-state index contributed by atoms with van der Waals surface area (Å²) in [6.07, 6.45) is 7.15. The Kier molecular flexibility index (Phi) is 33.0. The first-order valence-corrected chi connectivity index (χ1v) is 8.79. The molecule has 0 aliphatic carbocycles. The molecule has 0 atom stereocenters. The fourth-order valence-electron chi connectivity index (χ4n) is 0.946. The van der Waals surface area contributed by atoms with Crippen molar-refractivity contribution in [2.24, 2.45) is 5.41 Å². The zero-order valence-electron chi connectivity index (χ0n) is 17.0. The molecule has 1 heteroatoms. The fourth-order valence-corrected chi connectivity index (χ4v) is 0.946. The zero-order valence-corrected chi connectivity index (χ0v) is 20.6. The van der Waals surface area contributed by atoms with Crippen LogP contribution in [-0.4, -0.2) is 0 Å². The first-order valence-electron chi connectivity index (χ1n) is 8.79. The minimum absolute atomic E-state index is 0. The molecule has 0 radical (unpaired) electrons. The predicted octanol–water partition coefficient (Wildman–Crippen LogP) is 8.07. The van der Waals surface area contributed by atoms with Gasteiger partial charge in [0.1, 0.15) is 0 Å². The molecule has 1 aromatic carbocycles. The van der Waals surface area contributed by atoms with Gasteiger partial charge in [0.2, 0.25) is 0 Å². The van der Waals surface area contributed by atoms with Gasteiger partial charge in [-0.05, 0) is 5.41 Å². The molecule has 0 bridgehead atoms. The minimum Gasteiger partial charge on any atom is -0.343 e. The van der Waals surface area contributed by atoms with Gasteiger partial charge in [-0.25, -0.2) is 12.1 Å². The van der Waals surface area contributed by atoms with E-state index in [2.05, 4.69) is 62.3 Å². The second kappa shape index (κ2) is 24.5. The molecule has 0 saturated carbocycles. The summed E-state index contributed by atoms with van der Waals surface area (Å²) in [7, 11) is 0. The maximum atomic E-state index is 3.60. The molecule has 0 aromatic heterocycles. The van der Waals surface area contributed by atoms with E-state index in [0.29, 0.717) is 5.41 Å². The molecule has 0 heterocycles. The van der Waals surface area contributed by atoms with Gasteiger partial charge in [-0.1, -0.05) is 53.9 Å². The molecule has 23 heavy (non-hydrogen) atoms. The van der Waals surface area contributed by atoms with Crippen LogP contribution in [-0.2, 0) is 25.8 Å². The van der Waals surface area contributed by atoms with Crippen LogP contribution in [0.3, 0.4) is 0 Å². The van der Waals surface area contributed by atoms with Crippen LogP contribution in [0.25, 0.3) is 0 Å². The first kappa shape index (κ1) is 31.0. The Labute approximate surface area is 168 Å². The molecule has 0 fully saturated rings. The second-order valence-corrected chi connectivity index (χ2v) is 6.94. The average Bonchev–Trinajstić information content (AvgIpc) is 3.04. The minimum atomic E-state index is 0. The van der Waals surface area contributed by atoms with E-state index < -0.39 is 0 Å². The van der Waals surface area contributed by atoms with Gasteiger partial charge in [0.25, 0.3) is 0 Å². The van der Waals surface area contributed by atoms with E-state index in [1.807, 2.05) is 30.3 Å². The Hall–Kier alpha value is 0.220. The molecular weight excluding hydrogens is 443 g/mol. The van der Waals surface area contributed by atoms with Gasteiger partial charge in [0.15, 0.2) is 0 Å². The van der Waals surface area contributed by atoms with Crippen molar-refractivity contribution in [3.8, 4) is 0 Å². The molecule has 0 N–H and O–H groups in total.